The first-order valence-corrected chi connectivity index (χ1v) is 7.34. The molecule has 2 heterocycles. The standard InChI is InChI=1S/C15H15ClFN3O2/c1-9(22-14-3-2-11(17)6-12(14)16)15(21)20-5-4-13-10(8-20)7-18-19-13/h2-3,6-7,9H,4-5,8H2,1H3,(H,18,19)/t9-/m0/s1. The van der Waals surface area contributed by atoms with Crippen LogP contribution < -0.4 is 4.74 Å². The minimum absolute atomic E-state index is 0.132. The summed E-state index contributed by atoms with van der Waals surface area (Å²) in [5, 5.41) is 7.06. The summed E-state index contributed by atoms with van der Waals surface area (Å²) in [4.78, 5) is 14.2. The lowest BCUT2D eigenvalue weighted by atomic mass is 10.1. The van der Waals surface area contributed by atoms with Gasteiger partial charge in [0.2, 0.25) is 0 Å². The van der Waals surface area contributed by atoms with Crippen LogP contribution in [0.3, 0.4) is 0 Å². The Morgan fingerprint density at radius 2 is 2.36 bits per heavy atom. The molecule has 1 aliphatic rings. The first-order chi connectivity index (χ1) is 10.5. The molecule has 0 saturated heterocycles. The molecule has 116 valence electrons. The van der Waals surface area contributed by atoms with Crippen molar-refractivity contribution in [2.45, 2.75) is 26.0 Å². The second kappa shape index (κ2) is 5.96. The number of amides is 1. The molecule has 5 nitrogen and oxygen atoms in total. The lowest BCUT2D eigenvalue weighted by Crippen LogP contribution is -2.43. The van der Waals surface area contributed by atoms with Crippen LogP contribution >= 0.6 is 11.6 Å². The molecule has 2 aromatic rings. The number of nitrogens with one attached hydrogen (secondary N) is 1. The van der Waals surface area contributed by atoms with Crippen molar-refractivity contribution in [2.75, 3.05) is 6.54 Å². The van der Waals surface area contributed by atoms with Gasteiger partial charge in [0, 0.05) is 30.8 Å². The maximum absolute atomic E-state index is 13.0. The van der Waals surface area contributed by atoms with E-state index >= 15 is 0 Å². The van der Waals surface area contributed by atoms with Gasteiger partial charge in [-0.15, -0.1) is 0 Å². The van der Waals surface area contributed by atoms with Crippen LogP contribution in [0.15, 0.2) is 24.4 Å². The number of hydrogen-bond donors (Lipinski definition) is 1. The third-order valence-electron chi connectivity index (χ3n) is 3.66. The van der Waals surface area contributed by atoms with Gasteiger partial charge in [-0.1, -0.05) is 11.6 Å². The Bertz CT molecular complexity index is 704. The Morgan fingerprint density at radius 1 is 1.55 bits per heavy atom. The summed E-state index contributed by atoms with van der Waals surface area (Å²) in [6.45, 7) is 2.78. The SMILES string of the molecule is C[C@H](Oc1ccc(F)cc1Cl)C(=O)N1CCc2[nH]ncc2C1. The van der Waals surface area contributed by atoms with Gasteiger partial charge in [0.15, 0.2) is 6.10 Å². The summed E-state index contributed by atoms with van der Waals surface area (Å²) in [5.74, 6) is -0.281. The van der Waals surface area contributed by atoms with Crippen LogP contribution in [0.25, 0.3) is 0 Å². The van der Waals surface area contributed by atoms with E-state index in [0.29, 0.717) is 18.8 Å². The molecule has 0 fully saturated rings. The third kappa shape index (κ3) is 2.92. The number of carbonyl (C=O) groups excluding carboxylic acids is 1. The predicted octanol–water partition coefficient (Wildman–Crippen LogP) is 2.55. The minimum atomic E-state index is -0.698. The van der Waals surface area contributed by atoms with Gasteiger partial charge in [0.05, 0.1) is 11.2 Å². The molecular weight excluding hydrogens is 309 g/mol. The Labute approximate surface area is 132 Å². The average Bonchev–Trinajstić information content (AvgIpc) is 2.96. The van der Waals surface area contributed by atoms with Crippen molar-refractivity contribution in [1.82, 2.24) is 15.1 Å². The fourth-order valence-corrected chi connectivity index (χ4v) is 2.69. The summed E-state index contributed by atoms with van der Waals surface area (Å²) >= 11 is 5.91. The largest absolute Gasteiger partial charge is 0.479 e. The highest BCUT2D eigenvalue weighted by Gasteiger charge is 2.27. The van der Waals surface area contributed by atoms with E-state index in [4.69, 9.17) is 16.3 Å². The predicted molar refractivity (Wildman–Crippen MR) is 79.2 cm³/mol. The first-order valence-electron chi connectivity index (χ1n) is 6.96. The Morgan fingerprint density at radius 3 is 3.14 bits per heavy atom. The van der Waals surface area contributed by atoms with Crippen LogP contribution in [0.2, 0.25) is 5.02 Å². The number of fused-ring (bicyclic) bond motifs is 1. The highest BCUT2D eigenvalue weighted by atomic mass is 35.5. The van der Waals surface area contributed by atoms with Crippen molar-refractivity contribution < 1.29 is 13.9 Å². The van der Waals surface area contributed by atoms with Crippen LogP contribution in [-0.4, -0.2) is 33.7 Å². The van der Waals surface area contributed by atoms with Gasteiger partial charge >= 0.3 is 0 Å². The van der Waals surface area contributed by atoms with Gasteiger partial charge in [-0.05, 0) is 25.1 Å². The van der Waals surface area contributed by atoms with Gasteiger partial charge in [-0.25, -0.2) is 4.39 Å². The number of benzene rings is 1. The number of ether oxygens (including phenoxy) is 1. The van der Waals surface area contributed by atoms with Gasteiger partial charge in [-0.2, -0.15) is 5.10 Å². The molecule has 22 heavy (non-hydrogen) atoms. The van der Waals surface area contributed by atoms with Crippen LogP contribution in [0.5, 0.6) is 5.75 Å². The molecule has 7 heteroatoms. The van der Waals surface area contributed by atoms with Gasteiger partial charge < -0.3 is 9.64 Å². The molecule has 1 atom stereocenters. The zero-order chi connectivity index (χ0) is 15.7. The molecule has 1 aromatic heterocycles. The third-order valence-corrected chi connectivity index (χ3v) is 3.95. The zero-order valence-electron chi connectivity index (χ0n) is 12.0. The molecule has 3 rings (SSSR count). The molecule has 1 N–H and O–H groups in total. The molecule has 0 spiro atoms. The van der Waals surface area contributed by atoms with E-state index < -0.39 is 11.9 Å². The van der Waals surface area contributed by atoms with Gasteiger partial charge in [0.25, 0.3) is 5.91 Å². The Balaban J connectivity index is 1.67. The number of H-pyrrole nitrogens is 1. The number of rotatable bonds is 3. The Kier molecular flexibility index (Phi) is 4.02. The topological polar surface area (TPSA) is 58.2 Å². The normalized spacial score (nSPS) is 15.3. The van der Waals surface area contributed by atoms with E-state index in [0.717, 1.165) is 23.7 Å². The van der Waals surface area contributed by atoms with E-state index in [1.54, 1.807) is 18.0 Å². The van der Waals surface area contributed by atoms with E-state index in [2.05, 4.69) is 10.2 Å². The summed E-state index contributed by atoms with van der Waals surface area (Å²) in [6, 6.07) is 3.83. The first kappa shape index (κ1) is 14.8. The number of nitrogens with zero attached hydrogens (tertiary/aromatic N) is 2. The maximum atomic E-state index is 13.0. The second-order valence-electron chi connectivity index (χ2n) is 5.22. The van der Waals surface area contributed by atoms with Crippen molar-refractivity contribution in [2.24, 2.45) is 0 Å². The van der Waals surface area contributed by atoms with Gasteiger partial charge in [0.1, 0.15) is 11.6 Å². The Hall–Kier alpha value is -2.08. The van der Waals surface area contributed by atoms with E-state index in [9.17, 15) is 9.18 Å². The highest BCUT2D eigenvalue weighted by molar-refractivity contribution is 6.32. The minimum Gasteiger partial charge on any atom is -0.479 e. The molecule has 1 aromatic carbocycles. The van der Waals surface area contributed by atoms with Crippen molar-refractivity contribution >= 4 is 17.5 Å². The van der Waals surface area contributed by atoms with Crippen LogP contribution in [0.1, 0.15) is 18.2 Å². The summed E-state index contributed by atoms with van der Waals surface area (Å²) in [7, 11) is 0. The van der Waals surface area contributed by atoms with E-state index in [-0.39, 0.29) is 10.9 Å². The quantitative estimate of drug-likeness (QED) is 0.944. The fourth-order valence-electron chi connectivity index (χ4n) is 2.48. The lowest BCUT2D eigenvalue weighted by Gasteiger charge is -2.29. The highest BCUT2D eigenvalue weighted by Crippen LogP contribution is 2.26. The summed E-state index contributed by atoms with van der Waals surface area (Å²) in [5.41, 5.74) is 2.09. The smallest absolute Gasteiger partial charge is 0.263 e. The number of carbonyl (C=O) groups is 1. The summed E-state index contributed by atoms with van der Waals surface area (Å²) in [6.07, 6.45) is 1.78. The number of aromatic amines is 1. The number of halogens is 2. The molecule has 0 bridgehead atoms. The van der Waals surface area contributed by atoms with Crippen LogP contribution in [0.4, 0.5) is 4.39 Å². The maximum Gasteiger partial charge on any atom is 0.263 e. The lowest BCUT2D eigenvalue weighted by molar-refractivity contribution is -0.138. The number of aromatic nitrogens is 2. The number of hydrogen-bond acceptors (Lipinski definition) is 3. The van der Waals surface area contributed by atoms with E-state index in [1.807, 2.05) is 0 Å². The molecule has 1 aliphatic heterocycles. The molecule has 0 unspecified atom stereocenters. The van der Waals surface area contributed by atoms with Crippen molar-refractivity contribution in [3.8, 4) is 5.75 Å². The van der Waals surface area contributed by atoms with E-state index in [1.165, 1.54) is 12.1 Å². The van der Waals surface area contributed by atoms with Crippen molar-refractivity contribution in [3.63, 3.8) is 0 Å². The monoisotopic (exact) mass is 323 g/mol. The molecule has 1 amide bonds. The van der Waals surface area contributed by atoms with Crippen LogP contribution in [-0.2, 0) is 17.8 Å². The van der Waals surface area contributed by atoms with Crippen molar-refractivity contribution in [1.29, 1.82) is 0 Å². The second-order valence-corrected chi connectivity index (χ2v) is 5.63. The molecule has 0 radical (unpaired) electrons. The van der Waals surface area contributed by atoms with Crippen molar-refractivity contribution in [3.05, 3.63) is 46.5 Å². The zero-order valence-corrected chi connectivity index (χ0v) is 12.7. The average molecular weight is 324 g/mol. The van der Waals surface area contributed by atoms with Crippen LogP contribution in [0, 0.1) is 5.82 Å². The molecule has 0 saturated carbocycles. The fraction of sp³-hybridized carbons (Fsp3) is 0.333. The summed E-state index contributed by atoms with van der Waals surface area (Å²) < 4.78 is 18.6. The molecule has 0 aliphatic carbocycles. The van der Waals surface area contributed by atoms with Gasteiger partial charge in [-0.3, -0.25) is 9.89 Å². The molecular formula is C15H15ClFN3O2.